The van der Waals surface area contributed by atoms with Crippen LogP contribution in [0.4, 0.5) is 5.82 Å². The van der Waals surface area contributed by atoms with Gasteiger partial charge in [0.15, 0.2) is 0 Å². The number of nitrogens with one attached hydrogen (secondary N) is 2. The van der Waals surface area contributed by atoms with Crippen molar-refractivity contribution in [2.75, 3.05) is 18.4 Å². The van der Waals surface area contributed by atoms with Crippen molar-refractivity contribution in [3.8, 4) is 0 Å². The van der Waals surface area contributed by atoms with E-state index in [4.69, 9.17) is 15.1 Å². The zero-order valence-electron chi connectivity index (χ0n) is 18.1. The standard InChI is InChI=1S/C21H26N4O2.C2H4O2/c1-15-4-3-5-18(16(15)2)13-25-11-10-19(14-25)23-20-8-6-17(12-22-20)7-9-21(26)24-27;1-2(3)4/h3-9,12,19,27H,10-11,13-14H2,1-2H3,(H,22,23)(H,24,26);1H3,(H,3,4)/b9-7+;/t19-;/m1./s1. The molecular weight excluding hydrogens is 396 g/mol. The van der Waals surface area contributed by atoms with Gasteiger partial charge < -0.3 is 10.4 Å². The van der Waals surface area contributed by atoms with Crippen molar-refractivity contribution in [3.05, 3.63) is 64.9 Å². The number of hydroxylamine groups is 1. The summed E-state index contributed by atoms with van der Waals surface area (Å²) in [5.74, 6) is -0.565. The Morgan fingerprint density at radius 2 is 2.00 bits per heavy atom. The summed E-state index contributed by atoms with van der Waals surface area (Å²) in [5, 5.41) is 19.4. The van der Waals surface area contributed by atoms with Crippen molar-refractivity contribution in [1.82, 2.24) is 15.4 Å². The Hall–Kier alpha value is -3.23. The van der Waals surface area contributed by atoms with Crippen molar-refractivity contribution in [1.29, 1.82) is 0 Å². The fraction of sp³-hybridized carbons (Fsp3) is 0.348. The van der Waals surface area contributed by atoms with Crippen molar-refractivity contribution in [3.63, 3.8) is 0 Å². The molecule has 1 aromatic heterocycles. The SMILES string of the molecule is CC(=O)O.Cc1cccc(CN2CC[C@@H](Nc3ccc(/C=C/C(=O)NO)cn3)C2)c1C. The molecule has 8 heteroatoms. The molecule has 2 aromatic rings. The van der Waals surface area contributed by atoms with Gasteiger partial charge in [-0.25, -0.2) is 10.5 Å². The normalized spacial score (nSPS) is 15.9. The fourth-order valence-corrected chi connectivity index (χ4v) is 3.33. The van der Waals surface area contributed by atoms with Crippen LogP contribution in [0.3, 0.4) is 0 Å². The molecule has 166 valence electrons. The number of carboxylic acids is 1. The van der Waals surface area contributed by atoms with Gasteiger partial charge in [0, 0.05) is 44.9 Å². The van der Waals surface area contributed by atoms with Crippen molar-refractivity contribution < 1.29 is 19.9 Å². The van der Waals surface area contributed by atoms with Gasteiger partial charge in [-0.3, -0.25) is 19.7 Å². The molecular formula is C23H30N4O4. The molecule has 0 spiro atoms. The van der Waals surface area contributed by atoms with E-state index in [9.17, 15) is 4.79 Å². The number of likely N-dealkylation sites (tertiary alicyclic amines) is 1. The molecule has 8 nitrogen and oxygen atoms in total. The molecule has 31 heavy (non-hydrogen) atoms. The summed E-state index contributed by atoms with van der Waals surface area (Å²) in [7, 11) is 0. The predicted molar refractivity (Wildman–Crippen MR) is 120 cm³/mol. The number of pyridine rings is 1. The number of carboxylic acid groups (broad SMARTS) is 1. The Bertz CT molecular complexity index is 908. The molecule has 0 unspecified atom stereocenters. The van der Waals surface area contributed by atoms with Crippen LogP contribution in [0, 0.1) is 13.8 Å². The number of rotatable bonds is 6. The third kappa shape index (κ3) is 8.19. The Kier molecular flexibility index (Phi) is 9.17. The van der Waals surface area contributed by atoms with E-state index in [1.54, 1.807) is 17.8 Å². The summed E-state index contributed by atoms with van der Waals surface area (Å²) in [6.07, 6.45) is 5.65. The maximum Gasteiger partial charge on any atom is 0.300 e. The molecule has 4 N–H and O–H groups in total. The van der Waals surface area contributed by atoms with Crippen molar-refractivity contribution in [2.45, 2.75) is 39.8 Å². The third-order valence-electron chi connectivity index (χ3n) is 5.06. The highest BCUT2D eigenvalue weighted by molar-refractivity contribution is 5.90. The Balaban J connectivity index is 0.000000785. The van der Waals surface area contributed by atoms with E-state index in [0.717, 1.165) is 44.4 Å². The second kappa shape index (κ2) is 11.8. The predicted octanol–water partition coefficient (Wildman–Crippen LogP) is 2.99. The largest absolute Gasteiger partial charge is 0.481 e. The molecule has 0 radical (unpaired) electrons. The number of hydrogen-bond donors (Lipinski definition) is 4. The third-order valence-corrected chi connectivity index (χ3v) is 5.06. The number of carbonyl (C=O) groups excluding carboxylic acids is 1. The van der Waals surface area contributed by atoms with Gasteiger partial charge in [-0.2, -0.15) is 0 Å². The van der Waals surface area contributed by atoms with Crippen LogP contribution >= 0.6 is 0 Å². The number of aliphatic carboxylic acids is 1. The monoisotopic (exact) mass is 426 g/mol. The van der Waals surface area contributed by atoms with Crippen molar-refractivity contribution in [2.24, 2.45) is 0 Å². The molecule has 1 saturated heterocycles. The van der Waals surface area contributed by atoms with Gasteiger partial charge in [-0.05, 0) is 60.7 Å². The van der Waals surface area contributed by atoms with Gasteiger partial charge in [0.1, 0.15) is 5.82 Å². The van der Waals surface area contributed by atoms with Crippen LogP contribution in [0.15, 0.2) is 42.6 Å². The van der Waals surface area contributed by atoms with Gasteiger partial charge in [0.2, 0.25) is 0 Å². The van der Waals surface area contributed by atoms with Crippen LogP contribution in [-0.2, 0) is 16.1 Å². The van der Waals surface area contributed by atoms with E-state index in [0.29, 0.717) is 6.04 Å². The molecule has 1 fully saturated rings. The summed E-state index contributed by atoms with van der Waals surface area (Å²) in [4.78, 5) is 26.9. The van der Waals surface area contributed by atoms with Crippen LogP contribution in [-0.4, -0.2) is 51.2 Å². The number of hydrogen-bond acceptors (Lipinski definition) is 6. The molecule has 1 aliphatic heterocycles. The van der Waals surface area contributed by atoms with Crippen molar-refractivity contribution >= 4 is 23.8 Å². The quantitative estimate of drug-likeness (QED) is 0.319. The number of nitrogens with zero attached hydrogens (tertiary/aromatic N) is 2. The molecule has 0 saturated carbocycles. The topological polar surface area (TPSA) is 115 Å². The highest BCUT2D eigenvalue weighted by Crippen LogP contribution is 2.20. The molecule has 1 aliphatic rings. The summed E-state index contributed by atoms with van der Waals surface area (Å²) >= 11 is 0. The first-order valence-corrected chi connectivity index (χ1v) is 10.1. The van der Waals surface area contributed by atoms with Crippen LogP contribution in [0.1, 0.15) is 35.6 Å². The average Bonchev–Trinajstić information content (AvgIpc) is 3.17. The zero-order chi connectivity index (χ0) is 22.8. The van der Waals surface area contributed by atoms with Gasteiger partial charge in [-0.15, -0.1) is 0 Å². The second-order valence-electron chi connectivity index (χ2n) is 7.53. The van der Waals surface area contributed by atoms with E-state index in [-0.39, 0.29) is 0 Å². The molecule has 1 aromatic carbocycles. The molecule has 1 amide bonds. The lowest BCUT2D eigenvalue weighted by molar-refractivity contribution is -0.134. The summed E-state index contributed by atoms with van der Waals surface area (Å²) in [6.45, 7) is 8.49. The van der Waals surface area contributed by atoms with Crippen LogP contribution in [0.5, 0.6) is 0 Å². The van der Waals surface area contributed by atoms with E-state index in [2.05, 4.69) is 47.2 Å². The fourth-order valence-electron chi connectivity index (χ4n) is 3.33. The number of anilines is 1. The highest BCUT2D eigenvalue weighted by atomic mass is 16.5. The minimum atomic E-state index is -0.833. The van der Waals surface area contributed by atoms with E-state index >= 15 is 0 Å². The smallest absolute Gasteiger partial charge is 0.300 e. The molecule has 3 rings (SSSR count). The van der Waals surface area contributed by atoms with Gasteiger partial charge in [0.25, 0.3) is 11.9 Å². The molecule has 1 atom stereocenters. The number of carbonyl (C=O) groups is 2. The van der Waals surface area contributed by atoms with Crippen LogP contribution in [0.2, 0.25) is 0 Å². The van der Waals surface area contributed by atoms with Gasteiger partial charge in [-0.1, -0.05) is 18.2 Å². The Labute approximate surface area is 182 Å². The van der Waals surface area contributed by atoms with Gasteiger partial charge >= 0.3 is 0 Å². The highest BCUT2D eigenvalue weighted by Gasteiger charge is 2.23. The van der Waals surface area contributed by atoms with Crippen LogP contribution < -0.4 is 10.8 Å². The number of aromatic nitrogens is 1. The van der Waals surface area contributed by atoms with E-state index in [1.165, 1.54) is 22.8 Å². The maximum absolute atomic E-state index is 11.0. The number of amides is 1. The average molecular weight is 427 g/mol. The van der Waals surface area contributed by atoms with Crippen LogP contribution in [0.25, 0.3) is 6.08 Å². The molecule has 0 aliphatic carbocycles. The number of benzene rings is 1. The Morgan fingerprint density at radius 1 is 1.26 bits per heavy atom. The first-order chi connectivity index (χ1) is 14.8. The minimum absolute atomic E-state index is 0.379. The second-order valence-corrected chi connectivity index (χ2v) is 7.53. The lowest BCUT2D eigenvalue weighted by Crippen LogP contribution is -2.26. The lowest BCUT2D eigenvalue weighted by atomic mass is 10.0. The molecule has 0 bridgehead atoms. The van der Waals surface area contributed by atoms with Gasteiger partial charge in [0.05, 0.1) is 0 Å². The summed E-state index contributed by atoms with van der Waals surface area (Å²) in [5.41, 5.74) is 6.48. The summed E-state index contributed by atoms with van der Waals surface area (Å²) < 4.78 is 0. The first-order valence-electron chi connectivity index (χ1n) is 10.1. The van der Waals surface area contributed by atoms with E-state index in [1.807, 2.05) is 12.1 Å². The van der Waals surface area contributed by atoms with E-state index < -0.39 is 11.9 Å². The summed E-state index contributed by atoms with van der Waals surface area (Å²) in [6, 6.07) is 10.7. The Morgan fingerprint density at radius 3 is 2.65 bits per heavy atom. The number of aryl methyl sites for hydroxylation is 1. The first kappa shape index (κ1) is 24.0. The zero-order valence-corrected chi connectivity index (χ0v) is 18.1. The maximum atomic E-state index is 11.0. The lowest BCUT2D eigenvalue weighted by Gasteiger charge is -2.19. The molecule has 2 heterocycles. The minimum Gasteiger partial charge on any atom is -0.481 e.